The fourth-order valence-electron chi connectivity index (χ4n) is 1.53. The van der Waals surface area contributed by atoms with Gasteiger partial charge < -0.3 is 14.8 Å². The molecular formula is C12H14N2O3S. The number of hydrogen-bond acceptors (Lipinski definition) is 5. The van der Waals surface area contributed by atoms with Crippen LogP contribution in [0.15, 0.2) is 28.3 Å². The molecule has 0 spiro atoms. The molecule has 96 valence electrons. The first-order valence-electron chi connectivity index (χ1n) is 5.45. The first kappa shape index (κ1) is 12.8. The highest BCUT2D eigenvalue weighted by molar-refractivity contribution is 7.10. The lowest BCUT2D eigenvalue weighted by Crippen LogP contribution is -2.38. The van der Waals surface area contributed by atoms with Crippen molar-refractivity contribution in [1.29, 1.82) is 0 Å². The van der Waals surface area contributed by atoms with Gasteiger partial charge in [0, 0.05) is 4.88 Å². The zero-order valence-electron chi connectivity index (χ0n) is 10.1. The van der Waals surface area contributed by atoms with Crippen molar-refractivity contribution >= 4 is 17.2 Å². The number of aromatic nitrogens is 1. The number of aliphatic hydroxyl groups is 1. The van der Waals surface area contributed by atoms with E-state index in [0.717, 1.165) is 4.88 Å². The zero-order chi connectivity index (χ0) is 13.2. The molecule has 2 N–H and O–H groups in total. The van der Waals surface area contributed by atoms with E-state index >= 15 is 0 Å². The maximum Gasteiger partial charge on any atom is 0.273 e. The molecule has 0 bridgehead atoms. The normalized spacial score (nSPS) is 14.2. The number of rotatable bonds is 4. The first-order valence-corrected chi connectivity index (χ1v) is 6.33. The van der Waals surface area contributed by atoms with E-state index in [1.165, 1.54) is 17.7 Å². The van der Waals surface area contributed by atoms with Gasteiger partial charge in [0.25, 0.3) is 5.91 Å². The van der Waals surface area contributed by atoms with Crippen LogP contribution in [-0.4, -0.2) is 22.5 Å². The molecule has 5 nitrogen and oxygen atoms in total. The summed E-state index contributed by atoms with van der Waals surface area (Å²) >= 11 is 1.45. The maximum absolute atomic E-state index is 11.8. The van der Waals surface area contributed by atoms with Crippen molar-refractivity contribution in [3.05, 3.63) is 40.2 Å². The van der Waals surface area contributed by atoms with Crippen molar-refractivity contribution in [2.24, 2.45) is 0 Å². The summed E-state index contributed by atoms with van der Waals surface area (Å²) in [6.45, 7) is 3.45. The second-order valence-corrected chi connectivity index (χ2v) is 5.14. The third-order valence-electron chi connectivity index (χ3n) is 2.61. The van der Waals surface area contributed by atoms with Crippen LogP contribution < -0.4 is 5.32 Å². The summed E-state index contributed by atoms with van der Waals surface area (Å²) in [6, 6.07) is 3.69. The van der Waals surface area contributed by atoms with Gasteiger partial charge in [0.05, 0.1) is 6.54 Å². The summed E-state index contributed by atoms with van der Waals surface area (Å²) in [5, 5.41) is 14.8. The average molecular weight is 266 g/mol. The van der Waals surface area contributed by atoms with Crippen LogP contribution >= 0.6 is 11.3 Å². The standard InChI is InChI=1S/C12H14N2O3S/c1-8-10(14-7-17-8)11(15)13-6-12(2,16)9-4-3-5-18-9/h3-5,7,16H,6H2,1-2H3,(H,13,15). The molecule has 0 aliphatic heterocycles. The van der Waals surface area contributed by atoms with Gasteiger partial charge in [0.1, 0.15) is 11.4 Å². The monoisotopic (exact) mass is 266 g/mol. The van der Waals surface area contributed by atoms with Crippen LogP contribution in [0.1, 0.15) is 28.0 Å². The fraction of sp³-hybridized carbons (Fsp3) is 0.333. The molecule has 2 rings (SSSR count). The van der Waals surface area contributed by atoms with Crippen LogP contribution in [0.5, 0.6) is 0 Å². The van der Waals surface area contributed by atoms with Crippen LogP contribution in [0, 0.1) is 6.92 Å². The highest BCUT2D eigenvalue weighted by atomic mass is 32.1. The molecule has 1 atom stereocenters. The molecule has 0 aliphatic carbocycles. The van der Waals surface area contributed by atoms with Gasteiger partial charge in [-0.3, -0.25) is 4.79 Å². The number of oxazole rings is 1. The Hall–Kier alpha value is -1.66. The number of carbonyl (C=O) groups is 1. The Morgan fingerprint density at radius 1 is 1.67 bits per heavy atom. The van der Waals surface area contributed by atoms with Gasteiger partial charge in [-0.15, -0.1) is 11.3 Å². The third kappa shape index (κ3) is 2.60. The second kappa shape index (κ2) is 4.91. The SMILES string of the molecule is Cc1ocnc1C(=O)NCC(C)(O)c1cccs1. The summed E-state index contributed by atoms with van der Waals surface area (Å²) in [6.07, 6.45) is 1.22. The van der Waals surface area contributed by atoms with Crippen molar-refractivity contribution < 1.29 is 14.3 Å². The highest BCUT2D eigenvalue weighted by Crippen LogP contribution is 2.24. The van der Waals surface area contributed by atoms with E-state index in [0.29, 0.717) is 5.76 Å². The quantitative estimate of drug-likeness (QED) is 0.883. The van der Waals surface area contributed by atoms with E-state index < -0.39 is 5.60 Å². The summed E-state index contributed by atoms with van der Waals surface area (Å²) < 4.78 is 4.96. The van der Waals surface area contributed by atoms with Crippen molar-refractivity contribution in [1.82, 2.24) is 10.3 Å². The maximum atomic E-state index is 11.8. The van der Waals surface area contributed by atoms with Crippen molar-refractivity contribution in [2.45, 2.75) is 19.4 Å². The lowest BCUT2D eigenvalue weighted by molar-refractivity contribution is 0.0555. The molecule has 1 amide bonds. The van der Waals surface area contributed by atoms with E-state index in [9.17, 15) is 9.90 Å². The Labute approximate surface area is 108 Å². The Morgan fingerprint density at radius 2 is 2.44 bits per heavy atom. The Balaban J connectivity index is 2.00. The smallest absolute Gasteiger partial charge is 0.273 e. The number of nitrogens with one attached hydrogen (secondary N) is 1. The van der Waals surface area contributed by atoms with E-state index in [2.05, 4.69) is 10.3 Å². The number of nitrogens with zero attached hydrogens (tertiary/aromatic N) is 1. The van der Waals surface area contributed by atoms with Crippen molar-refractivity contribution in [3.8, 4) is 0 Å². The van der Waals surface area contributed by atoms with E-state index in [-0.39, 0.29) is 18.1 Å². The average Bonchev–Trinajstić information content (AvgIpc) is 2.96. The molecular weight excluding hydrogens is 252 g/mol. The predicted octanol–water partition coefficient (Wildman–Crippen LogP) is 1.68. The summed E-state index contributed by atoms with van der Waals surface area (Å²) in [5.74, 6) is 0.112. The van der Waals surface area contributed by atoms with Gasteiger partial charge in [-0.2, -0.15) is 0 Å². The molecule has 0 aliphatic rings. The van der Waals surface area contributed by atoms with Gasteiger partial charge in [-0.1, -0.05) is 6.07 Å². The largest absolute Gasteiger partial charge is 0.448 e. The molecule has 0 saturated carbocycles. The molecule has 2 heterocycles. The highest BCUT2D eigenvalue weighted by Gasteiger charge is 2.25. The van der Waals surface area contributed by atoms with E-state index in [1.807, 2.05) is 17.5 Å². The Bertz CT molecular complexity index is 531. The van der Waals surface area contributed by atoms with Crippen LogP contribution in [0.3, 0.4) is 0 Å². The Kier molecular flexibility index (Phi) is 3.49. The van der Waals surface area contributed by atoms with Gasteiger partial charge >= 0.3 is 0 Å². The summed E-state index contributed by atoms with van der Waals surface area (Å²) in [4.78, 5) is 16.4. The Morgan fingerprint density at radius 3 is 3.00 bits per heavy atom. The predicted molar refractivity (Wildman–Crippen MR) is 67.5 cm³/mol. The van der Waals surface area contributed by atoms with Crippen LogP contribution in [-0.2, 0) is 5.60 Å². The molecule has 1 unspecified atom stereocenters. The minimum absolute atomic E-state index is 0.124. The minimum Gasteiger partial charge on any atom is -0.448 e. The van der Waals surface area contributed by atoms with Gasteiger partial charge in [0.15, 0.2) is 12.1 Å². The molecule has 18 heavy (non-hydrogen) atoms. The molecule has 0 aromatic carbocycles. The van der Waals surface area contributed by atoms with Crippen molar-refractivity contribution in [3.63, 3.8) is 0 Å². The fourth-order valence-corrected chi connectivity index (χ4v) is 2.32. The number of thiophene rings is 1. The second-order valence-electron chi connectivity index (χ2n) is 4.19. The molecule has 0 saturated heterocycles. The number of aryl methyl sites for hydroxylation is 1. The number of amides is 1. The first-order chi connectivity index (χ1) is 8.50. The lowest BCUT2D eigenvalue weighted by Gasteiger charge is -2.21. The number of carbonyl (C=O) groups excluding carboxylic acids is 1. The van der Waals surface area contributed by atoms with E-state index in [1.54, 1.807) is 13.8 Å². The topological polar surface area (TPSA) is 75.4 Å². The summed E-state index contributed by atoms with van der Waals surface area (Å²) in [7, 11) is 0. The summed E-state index contributed by atoms with van der Waals surface area (Å²) in [5.41, 5.74) is -0.835. The zero-order valence-corrected chi connectivity index (χ0v) is 11.0. The lowest BCUT2D eigenvalue weighted by atomic mass is 10.1. The van der Waals surface area contributed by atoms with Crippen molar-refractivity contribution in [2.75, 3.05) is 6.54 Å². The molecule has 0 fully saturated rings. The minimum atomic E-state index is -1.08. The van der Waals surface area contributed by atoms with Crippen LogP contribution in [0.4, 0.5) is 0 Å². The molecule has 0 radical (unpaired) electrons. The molecule has 2 aromatic rings. The van der Waals surface area contributed by atoms with Gasteiger partial charge in [-0.25, -0.2) is 4.98 Å². The van der Waals surface area contributed by atoms with Gasteiger partial charge in [0.2, 0.25) is 0 Å². The van der Waals surface area contributed by atoms with E-state index in [4.69, 9.17) is 4.42 Å². The molecule has 2 aromatic heterocycles. The molecule has 6 heteroatoms. The third-order valence-corrected chi connectivity index (χ3v) is 3.73. The van der Waals surface area contributed by atoms with Crippen LogP contribution in [0.25, 0.3) is 0 Å². The number of hydrogen-bond donors (Lipinski definition) is 2. The van der Waals surface area contributed by atoms with Gasteiger partial charge in [-0.05, 0) is 25.3 Å². The van der Waals surface area contributed by atoms with Crippen LogP contribution in [0.2, 0.25) is 0 Å².